The van der Waals surface area contributed by atoms with Crippen LogP contribution in [-0.4, -0.2) is 41.8 Å². The number of nitrogens with one attached hydrogen (secondary N) is 2. The summed E-state index contributed by atoms with van der Waals surface area (Å²) in [5.41, 5.74) is 3.12. The first-order valence-electron chi connectivity index (χ1n) is 11.2. The number of rotatable bonds is 7. The van der Waals surface area contributed by atoms with Gasteiger partial charge in [-0.15, -0.1) is 0 Å². The topological polar surface area (TPSA) is 73.3 Å². The summed E-state index contributed by atoms with van der Waals surface area (Å²) in [5.74, 6) is 2.71. The first-order chi connectivity index (χ1) is 15.0. The Hall–Kier alpha value is -2.86. The van der Waals surface area contributed by atoms with E-state index in [1.165, 1.54) is 18.4 Å². The fraction of sp³-hybridized carbons (Fsp3) is 0.440. The van der Waals surface area contributed by atoms with E-state index in [4.69, 9.17) is 9.97 Å². The summed E-state index contributed by atoms with van der Waals surface area (Å²) in [6.07, 6.45) is 4.60. The van der Waals surface area contributed by atoms with E-state index in [1.807, 2.05) is 43.3 Å². The molecular weight excluding hydrogens is 386 g/mol. The van der Waals surface area contributed by atoms with Crippen LogP contribution in [0.15, 0.2) is 42.5 Å². The van der Waals surface area contributed by atoms with E-state index in [9.17, 15) is 5.11 Å². The first-order valence-corrected chi connectivity index (χ1v) is 11.2. The molecule has 0 spiro atoms. The van der Waals surface area contributed by atoms with Gasteiger partial charge in [0.2, 0.25) is 5.95 Å². The van der Waals surface area contributed by atoms with Crippen LogP contribution in [0, 0.1) is 12.8 Å². The lowest BCUT2D eigenvalue weighted by atomic mass is 9.86. The third-order valence-electron chi connectivity index (χ3n) is 6.17. The van der Waals surface area contributed by atoms with Gasteiger partial charge in [-0.3, -0.25) is 0 Å². The second-order valence-corrected chi connectivity index (χ2v) is 8.91. The largest absolute Gasteiger partial charge is 0.508 e. The van der Waals surface area contributed by atoms with Crippen molar-refractivity contribution < 1.29 is 5.11 Å². The van der Waals surface area contributed by atoms with E-state index in [1.54, 1.807) is 6.07 Å². The number of para-hydroxylation sites is 1. The van der Waals surface area contributed by atoms with Gasteiger partial charge in [0.1, 0.15) is 11.6 Å². The molecule has 4 rings (SSSR count). The molecule has 2 aromatic carbocycles. The number of aromatic nitrogens is 2. The Kier molecular flexibility index (Phi) is 6.56. The van der Waals surface area contributed by atoms with Crippen LogP contribution in [0.2, 0.25) is 0 Å². The van der Waals surface area contributed by atoms with Crippen molar-refractivity contribution >= 4 is 22.7 Å². The van der Waals surface area contributed by atoms with E-state index in [0.717, 1.165) is 47.6 Å². The summed E-state index contributed by atoms with van der Waals surface area (Å²) in [5, 5.41) is 18.2. The van der Waals surface area contributed by atoms with E-state index >= 15 is 0 Å². The van der Waals surface area contributed by atoms with Gasteiger partial charge in [0.25, 0.3) is 0 Å². The van der Waals surface area contributed by atoms with Crippen LogP contribution in [0.25, 0.3) is 10.9 Å². The molecule has 0 atom stereocenters. The number of phenolic OH excluding ortho intramolecular Hbond substituents is 1. The maximum absolute atomic E-state index is 10.0. The minimum absolute atomic E-state index is 0.374. The zero-order valence-electron chi connectivity index (χ0n) is 18.7. The summed E-state index contributed by atoms with van der Waals surface area (Å²) < 4.78 is 0. The number of aromatic hydroxyl groups is 1. The summed E-state index contributed by atoms with van der Waals surface area (Å²) in [7, 11) is 4.04. The third-order valence-corrected chi connectivity index (χ3v) is 6.17. The van der Waals surface area contributed by atoms with Gasteiger partial charge in [-0.05, 0) is 63.3 Å². The van der Waals surface area contributed by atoms with Crippen molar-refractivity contribution in [3.05, 3.63) is 53.6 Å². The van der Waals surface area contributed by atoms with E-state index in [0.29, 0.717) is 24.3 Å². The highest BCUT2D eigenvalue weighted by molar-refractivity contribution is 5.90. The van der Waals surface area contributed by atoms with E-state index in [2.05, 4.69) is 29.7 Å². The van der Waals surface area contributed by atoms with Crippen LogP contribution in [0.5, 0.6) is 5.75 Å². The molecule has 6 nitrogen and oxygen atoms in total. The molecule has 164 valence electrons. The molecule has 31 heavy (non-hydrogen) atoms. The maximum Gasteiger partial charge on any atom is 0.225 e. The summed E-state index contributed by atoms with van der Waals surface area (Å²) in [6.45, 7) is 3.75. The Morgan fingerprint density at radius 2 is 1.81 bits per heavy atom. The van der Waals surface area contributed by atoms with Crippen molar-refractivity contribution in [1.29, 1.82) is 0 Å². The van der Waals surface area contributed by atoms with Crippen molar-refractivity contribution in [2.75, 3.05) is 30.9 Å². The lowest BCUT2D eigenvalue weighted by Crippen LogP contribution is -2.31. The Morgan fingerprint density at radius 1 is 1.03 bits per heavy atom. The molecule has 0 aliphatic heterocycles. The number of hydrogen-bond donors (Lipinski definition) is 3. The van der Waals surface area contributed by atoms with Crippen LogP contribution >= 0.6 is 0 Å². The lowest BCUT2D eigenvalue weighted by molar-refractivity contribution is 0.323. The van der Waals surface area contributed by atoms with Crippen molar-refractivity contribution in [3.8, 4) is 5.75 Å². The molecule has 6 heteroatoms. The smallest absolute Gasteiger partial charge is 0.225 e. The molecule has 1 heterocycles. The molecule has 0 bridgehead atoms. The number of benzene rings is 2. The predicted molar refractivity (Wildman–Crippen MR) is 128 cm³/mol. The summed E-state index contributed by atoms with van der Waals surface area (Å²) in [4.78, 5) is 11.6. The quantitative estimate of drug-likeness (QED) is 0.525. The average Bonchev–Trinajstić information content (AvgIpc) is 2.76. The minimum atomic E-state index is 0.374. The van der Waals surface area contributed by atoms with Crippen molar-refractivity contribution in [1.82, 2.24) is 15.3 Å². The molecule has 0 amide bonds. The van der Waals surface area contributed by atoms with Gasteiger partial charge in [0, 0.05) is 37.6 Å². The Morgan fingerprint density at radius 3 is 2.58 bits per heavy atom. The van der Waals surface area contributed by atoms with Crippen molar-refractivity contribution in [2.24, 2.45) is 5.92 Å². The summed E-state index contributed by atoms with van der Waals surface area (Å²) in [6, 6.07) is 14.3. The standard InChI is InChI=1S/C25H33N5O/c1-17-8-13-23(31)19(14-17)16-26-15-18-9-11-20(12-10-18)27-25-28-22-7-5-4-6-21(22)24(29-25)30(2)3/h4-8,13-14,18,20,26,31H,9-12,15-16H2,1-3H3,(H,27,28,29). The molecule has 1 aromatic heterocycles. The highest BCUT2D eigenvalue weighted by atomic mass is 16.3. The molecule has 0 unspecified atom stereocenters. The fourth-order valence-corrected chi connectivity index (χ4v) is 4.43. The van der Waals surface area contributed by atoms with Gasteiger partial charge in [0.15, 0.2) is 0 Å². The summed E-state index contributed by atoms with van der Waals surface area (Å²) >= 11 is 0. The number of fused-ring (bicyclic) bond motifs is 1. The molecule has 1 fully saturated rings. The molecule has 0 radical (unpaired) electrons. The van der Waals surface area contributed by atoms with Crippen LogP contribution in [0.4, 0.5) is 11.8 Å². The Balaban J connectivity index is 1.30. The number of aryl methyl sites for hydroxylation is 1. The average molecular weight is 420 g/mol. The minimum Gasteiger partial charge on any atom is -0.508 e. The fourth-order valence-electron chi connectivity index (χ4n) is 4.43. The molecule has 1 saturated carbocycles. The second kappa shape index (κ2) is 9.52. The number of phenols is 1. The third kappa shape index (κ3) is 5.25. The van der Waals surface area contributed by atoms with E-state index < -0.39 is 0 Å². The first kappa shape index (κ1) is 21.4. The number of hydrogen-bond acceptors (Lipinski definition) is 6. The SMILES string of the molecule is Cc1ccc(O)c(CNCC2CCC(Nc3nc(N(C)C)c4ccccc4n3)CC2)c1. The van der Waals surface area contributed by atoms with Gasteiger partial charge in [0.05, 0.1) is 5.52 Å². The normalized spacial score (nSPS) is 18.8. The van der Waals surface area contributed by atoms with Gasteiger partial charge >= 0.3 is 0 Å². The molecular formula is C25H33N5O. The zero-order valence-corrected chi connectivity index (χ0v) is 18.7. The number of anilines is 2. The zero-order chi connectivity index (χ0) is 21.8. The van der Waals surface area contributed by atoms with Gasteiger partial charge < -0.3 is 20.6 Å². The monoisotopic (exact) mass is 419 g/mol. The maximum atomic E-state index is 10.0. The van der Waals surface area contributed by atoms with Crippen LogP contribution in [-0.2, 0) is 6.54 Å². The van der Waals surface area contributed by atoms with Gasteiger partial charge in [-0.1, -0.05) is 29.8 Å². The molecule has 3 aromatic rings. The Bertz CT molecular complexity index is 1030. The molecule has 1 aliphatic carbocycles. The highest BCUT2D eigenvalue weighted by Gasteiger charge is 2.22. The van der Waals surface area contributed by atoms with Crippen LogP contribution in [0.3, 0.4) is 0 Å². The van der Waals surface area contributed by atoms with Gasteiger partial charge in [-0.2, -0.15) is 4.98 Å². The Labute approximate surface area is 184 Å². The second-order valence-electron chi connectivity index (χ2n) is 8.91. The lowest BCUT2D eigenvalue weighted by Gasteiger charge is -2.29. The van der Waals surface area contributed by atoms with Crippen molar-refractivity contribution in [2.45, 2.75) is 45.2 Å². The predicted octanol–water partition coefficient (Wildman–Crippen LogP) is 4.47. The molecule has 0 saturated heterocycles. The van der Waals surface area contributed by atoms with E-state index in [-0.39, 0.29) is 0 Å². The van der Waals surface area contributed by atoms with Crippen molar-refractivity contribution in [3.63, 3.8) is 0 Å². The highest BCUT2D eigenvalue weighted by Crippen LogP contribution is 2.28. The molecule has 1 aliphatic rings. The molecule has 3 N–H and O–H groups in total. The number of nitrogens with zero attached hydrogens (tertiary/aromatic N) is 3. The van der Waals surface area contributed by atoms with Gasteiger partial charge in [-0.25, -0.2) is 4.98 Å². The van der Waals surface area contributed by atoms with Crippen LogP contribution < -0.4 is 15.5 Å². The van der Waals surface area contributed by atoms with Crippen LogP contribution in [0.1, 0.15) is 36.8 Å².